The van der Waals surface area contributed by atoms with Gasteiger partial charge < -0.3 is 20.9 Å². The van der Waals surface area contributed by atoms with Gasteiger partial charge in [-0.05, 0) is 46.7 Å². The highest BCUT2D eigenvalue weighted by Crippen LogP contribution is 2.33. The smallest absolute Gasteiger partial charge is 0.333 e. The van der Waals surface area contributed by atoms with Gasteiger partial charge in [0.15, 0.2) is 0 Å². The summed E-state index contributed by atoms with van der Waals surface area (Å²) in [4.78, 5) is 44.7. The minimum Gasteiger partial charge on any atom is -0.399 e. The molecule has 0 bridgehead atoms. The van der Waals surface area contributed by atoms with Crippen molar-refractivity contribution in [2.45, 2.75) is 38.1 Å². The first-order chi connectivity index (χ1) is 21.4. The van der Waals surface area contributed by atoms with E-state index in [1.807, 2.05) is 91.0 Å². The van der Waals surface area contributed by atoms with Gasteiger partial charge in [-0.1, -0.05) is 84.9 Å². The Bertz CT molecular complexity index is 1660. The lowest BCUT2D eigenvalue weighted by atomic mass is 9.90. The number of hydrazine groups is 1. The number of hydrogen-bond acceptors (Lipinski definition) is 6. The maximum absolute atomic E-state index is 14.2. The van der Waals surface area contributed by atoms with Crippen LogP contribution in [-0.2, 0) is 22.7 Å². The summed E-state index contributed by atoms with van der Waals surface area (Å²) in [6.45, 7) is 0.483. The summed E-state index contributed by atoms with van der Waals surface area (Å²) in [6.07, 6.45) is 6.28. The summed E-state index contributed by atoms with van der Waals surface area (Å²) >= 11 is 0. The summed E-state index contributed by atoms with van der Waals surface area (Å²) < 4.78 is 0. The van der Waals surface area contributed by atoms with Crippen LogP contribution in [0.4, 0.5) is 4.79 Å². The molecule has 3 aromatic rings. The highest BCUT2D eigenvalue weighted by atomic mass is 16.2. The lowest BCUT2D eigenvalue weighted by Crippen LogP contribution is -2.65. The minimum absolute atomic E-state index is 0.0284. The van der Waals surface area contributed by atoms with Crippen molar-refractivity contribution in [2.24, 2.45) is 11.7 Å². The molecule has 0 spiro atoms. The maximum Gasteiger partial charge on any atom is 0.333 e. The highest BCUT2D eigenvalue weighted by molar-refractivity contribution is 5.92. The summed E-state index contributed by atoms with van der Waals surface area (Å²) in [6, 6.07) is 24.5. The van der Waals surface area contributed by atoms with E-state index in [0.29, 0.717) is 25.1 Å². The van der Waals surface area contributed by atoms with Crippen molar-refractivity contribution in [2.75, 3.05) is 19.6 Å². The monoisotopic (exact) mass is 589 g/mol. The Morgan fingerprint density at radius 3 is 2.59 bits per heavy atom. The van der Waals surface area contributed by atoms with Crippen molar-refractivity contribution in [3.8, 4) is 6.07 Å². The maximum atomic E-state index is 14.2. The second-order valence-corrected chi connectivity index (χ2v) is 11.4. The van der Waals surface area contributed by atoms with Gasteiger partial charge in [0, 0.05) is 18.8 Å². The van der Waals surface area contributed by atoms with Gasteiger partial charge in [0.25, 0.3) is 0 Å². The average molecular weight is 590 g/mol. The minimum atomic E-state index is -0.722. The van der Waals surface area contributed by atoms with Crippen LogP contribution in [-0.4, -0.2) is 69.5 Å². The van der Waals surface area contributed by atoms with Crippen molar-refractivity contribution in [1.29, 1.82) is 5.26 Å². The van der Waals surface area contributed by atoms with Crippen LogP contribution in [0.15, 0.2) is 96.7 Å². The molecule has 3 N–H and O–H groups in total. The summed E-state index contributed by atoms with van der Waals surface area (Å²) in [5.74, 6) is -0.340. The van der Waals surface area contributed by atoms with Crippen LogP contribution >= 0.6 is 0 Å². The fraction of sp³-hybridized carbons (Fsp3) is 0.294. The zero-order valence-electron chi connectivity index (χ0n) is 24.4. The van der Waals surface area contributed by atoms with E-state index in [4.69, 9.17) is 5.73 Å². The third-order valence-electron chi connectivity index (χ3n) is 8.60. The molecule has 10 heteroatoms. The Labute approximate surface area is 256 Å². The Morgan fingerprint density at radius 1 is 1.05 bits per heavy atom. The number of nitriles is 1. The van der Waals surface area contributed by atoms with E-state index in [1.54, 1.807) is 14.8 Å². The summed E-state index contributed by atoms with van der Waals surface area (Å²) in [5.41, 5.74) is 8.55. The molecule has 0 aromatic heterocycles. The first kappa shape index (κ1) is 29.0. The summed E-state index contributed by atoms with van der Waals surface area (Å²) in [7, 11) is 0. The van der Waals surface area contributed by atoms with Crippen molar-refractivity contribution in [3.63, 3.8) is 0 Å². The molecule has 2 saturated heterocycles. The number of fused-ring (bicyclic) bond motifs is 2. The predicted molar refractivity (Wildman–Crippen MR) is 166 cm³/mol. The van der Waals surface area contributed by atoms with Crippen molar-refractivity contribution in [1.82, 2.24) is 25.1 Å². The van der Waals surface area contributed by atoms with Gasteiger partial charge in [0.05, 0.1) is 19.2 Å². The zero-order valence-corrected chi connectivity index (χ0v) is 24.4. The van der Waals surface area contributed by atoms with Gasteiger partial charge in [-0.25, -0.2) is 9.80 Å². The number of carbonyl (C=O) groups is 3. The molecular formula is C34H35N7O3. The highest BCUT2D eigenvalue weighted by Gasteiger charge is 2.52. The number of nitrogens with zero attached hydrogens (tertiary/aromatic N) is 5. The van der Waals surface area contributed by atoms with Crippen LogP contribution in [0.5, 0.6) is 0 Å². The first-order valence-electron chi connectivity index (χ1n) is 14.9. The fourth-order valence-corrected chi connectivity index (χ4v) is 6.41. The number of nitrogens with one attached hydrogen (secondary N) is 1. The molecule has 0 saturated carbocycles. The predicted octanol–water partition coefficient (Wildman–Crippen LogP) is 3.48. The van der Waals surface area contributed by atoms with Gasteiger partial charge >= 0.3 is 6.03 Å². The van der Waals surface area contributed by atoms with Crippen molar-refractivity contribution < 1.29 is 14.4 Å². The molecule has 2 heterocycles. The Kier molecular flexibility index (Phi) is 8.30. The first-order valence-corrected chi connectivity index (χ1v) is 14.9. The van der Waals surface area contributed by atoms with E-state index in [2.05, 4.69) is 11.4 Å². The molecular weight excluding hydrogens is 554 g/mol. The van der Waals surface area contributed by atoms with Gasteiger partial charge in [-0.3, -0.25) is 9.59 Å². The molecule has 0 radical (unpaired) electrons. The fourth-order valence-electron chi connectivity index (χ4n) is 6.41. The number of carbonyl (C=O) groups excluding carboxylic acids is 3. The number of nitrogens with two attached hydrogens (primary N) is 1. The lowest BCUT2D eigenvalue weighted by molar-refractivity contribution is -0.158. The summed E-state index contributed by atoms with van der Waals surface area (Å²) in [5, 5.41) is 17.7. The van der Waals surface area contributed by atoms with Crippen LogP contribution in [0, 0.1) is 17.2 Å². The average Bonchev–Trinajstić information content (AvgIpc) is 3.37. The van der Waals surface area contributed by atoms with E-state index in [-0.39, 0.29) is 43.9 Å². The van der Waals surface area contributed by atoms with E-state index in [9.17, 15) is 19.6 Å². The van der Waals surface area contributed by atoms with Crippen LogP contribution < -0.4 is 11.1 Å². The van der Waals surface area contributed by atoms with E-state index in [1.165, 1.54) is 5.01 Å². The molecule has 224 valence electrons. The Balaban J connectivity index is 1.30. The number of piperazine rings is 1. The normalized spacial score (nSPS) is 21.6. The van der Waals surface area contributed by atoms with Gasteiger partial charge in [0.1, 0.15) is 18.8 Å². The number of amides is 4. The Morgan fingerprint density at radius 2 is 1.82 bits per heavy atom. The lowest BCUT2D eigenvalue weighted by Gasteiger charge is -2.46. The molecule has 2 fully saturated rings. The molecule has 1 unspecified atom stereocenters. The standard InChI is InChI=1S/C34H35N7O3/c35-17-18-39(34(44)37-20-25-7-2-1-3-8-25)40-23-32(42)41-30(19-24-13-15-28(36)16-14-24)33(43)38(22-31(40)41)21-27-11-6-10-26-9-4-5-12-29(26)27/h1-13,15-16,24,30-31H,14,18-23,36H2,(H,37,44)/t24?,30-,31+/m0/s1. The van der Waals surface area contributed by atoms with Crippen LogP contribution in [0.1, 0.15) is 24.0 Å². The van der Waals surface area contributed by atoms with E-state index >= 15 is 0 Å². The molecule has 4 amide bonds. The SMILES string of the molecule is N#CCN(C(=O)NCc1ccccc1)N1CC(=O)N2[C@@H](CC3C=CC(N)=CC3)C(=O)N(Cc3cccc4ccccc34)C[C@@H]21. The number of rotatable bonds is 8. The van der Waals surface area contributed by atoms with Gasteiger partial charge in [-0.2, -0.15) is 10.3 Å². The largest absolute Gasteiger partial charge is 0.399 e. The third-order valence-corrected chi connectivity index (χ3v) is 8.60. The molecule has 3 atom stereocenters. The molecule has 10 nitrogen and oxygen atoms in total. The number of allylic oxidation sites excluding steroid dienone is 3. The number of hydrogen-bond donors (Lipinski definition) is 2. The van der Waals surface area contributed by atoms with Gasteiger partial charge in [-0.15, -0.1) is 0 Å². The van der Waals surface area contributed by atoms with E-state index < -0.39 is 18.2 Å². The van der Waals surface area contributed by atoms with Gasteiger partial charge in [0.2, 0.25) is 11.8 Å². The molecule has 2 aliphatic heterocycles. The van der Waals surface area contributed by atoms with E-state index in [0.717, 1.165) is 21.9 Å². The molecule has 3 aliphatic rings. The molecule has 6 rings (SSSR count). The molecule has 3 aromatic carbocycles. The molecule has 1 aliphatic carbocycles. The van der Waals surface area contributed by atoms with Crippen molar-refractivity contribution >= 4 is 28.6 Å². The third kappa shape index (κ3) is 5.87. The van der Waals surface area contributed by atoms with Crippen LogP contribution in [0.3, 0.4) is 0 Å². The second kappa shape index (κ2) is 12.6. The second-order valence-electron chi connectivity index (χ2n) is 11.4. The number of benzene rings is 3. The Hall–Kier alpha value is -5.14. The molecule has 44 heavy (non-hydrogen) atoms. The quantitative estimate of drug-likeness (QED) is 0.388. The van der Waals surface area contributed by atoms with Crippen LogP contribution in [0.25, 0.3) is 10.8 Å². The van der Waals surface area contributed by atoms with Crippen LogP contribution in [0.2, 0.25) is 0 Å². The zero-order chi connectivity index (χ0) is 30.6. The number of urea groups is 1. The van der Waals surface area contributed by atoms with Crippen molar-refractivity contribution in [3.05, 3.63) is 108 Å². The topological polar surface area (TPSA) is 126 Å².